The van der Waals surface area contributed by atoms with E-state index in [1.165, 1.54) is 11.3 Å². The number of para-hydroxylation sites is 1. The molecule has 0 fully saturated rings. The maximum Gasteiger partial charge on any atom is 0.0382 e. The molecule has 1 aliphatic carbocycles. The average molecular weight is 186 g/mol. The molecular formula is C12H14N2. The van der Waals surface area contributed by atoms with E-state index < -0.39 is 0 Å². The third kappa shape index (κ3) is 1.03. The number of hydrogen-bond acceptors (Lipinski definition) is 2. The Morgan fingerprint density at radius 2 is 2.14 bits per heavy atom. The zero-order chi connectivity index (χ0) is 9.54. The molecule has 3 rings (SSSR count). The Bertz CT molecular complexity index is 395. The van der Waals surface area contributed by atoms with Gasteiger partial charge in [0.15, 0.2) is 0 Å². The highest BCUT2D eigenvalue weighted by Gasteiger charge is 2.32. The van der Waals surface area contributed by atoms with Crippen molar-refractivity contribution in [1.82, 2.24) is 0 Å². The standard InChI is InChI=1S/C12H14N2/c13-8-5-6-12-10(7-8)9-3-1-2-4-11(9)14-12/h1-4,7,10,12,14H,5-6,13H2. The van der Waals surface area contributed by atoms with Crippen LogP contribution in [0.2, 0.25) is 0 Å². The molecule has 72 valence electrons. The fourth-order valence-electron chi connectivity index (χ4n) is 2.52. The Morgan fingerprint density at radius 3 is 3.07 bits per heavy atom. The predicted octanol–water partition coefficient (Wildman–Crippen LogP) is 2.20. The summed E-state index contributed by atoms with van der Waals surface area (Å²) in [5.41, 5.74) is 9.62. The summed E-state index contributed by atoms with van der Waals surface area (Å²) in [6.45, 7) is 0. The van der Waals surface area contributed by atoms with Crippen molar-refractivity contribution >= 4 is 5.69 Å². The minimum atomic E-state index is 0.500. The number of hydrogen-bond donors (Lipinski definition) is 2. The first-order valence-corrected chi connectivity index (χ1v) is 5.16. The molecule has 2 heteroatoms. The van der Waals surface area contributed by atoms with Gasteiger partial charge in [0, 0.05) is 23.3 Å². The highest BCUT2D eigenvalue weighted by atomic mass is 15.0. The number of benzene rings is 1. The molecule has 1 aliphatic heterocycles. The van der Waals surface area contributed by atoms with Crippen molar-refractivity contribution in [2.24, 2.45) is 5.73 Å². The van der Waals surface area contributed by atoms with E-state index >= 15 is 0 Å². The van der Waals surface area contributed by atoms with Gasteiger partial charge in [-0.15, -0.1) is 0 Å². The highest BCUT2D eigenvalue weighted by molar-refractivity contribution is 5.61. The SMILES string of the molecule is NC1=CC2c3ccccc3NC2CC1. The monoisotopic (exact) mass is 186 g/mol. The van der Waals surface area contributed by atoms with Gasteiger partial charge in [0.05, 0.1) is 0 Å². The second-order valence-corrected chi connectivity index (χ2v) is 4.14. The summed E-state index contributed by atoms with van der Waals surface area (Å²) in [7, 11) is 0. The molecule has 2 unspecified atom stereocenters. The zero-order valence-corrected chi connectivity index (χ0v) is 8.03. The zero-order valence-electron chi connectivity index (χ0n) is 8.03. The maximum atomic E-state index is 5.88. The summed E-state index contributed by atoms with van der Waals surface area (Å²) in [5.74, 6) is 0.500. The number of fused-ring (bicyclic) bond motifs is 3. The molecule has 0 bridgehead atoms. The first kappa shape index (κ1) is 7.92. The summed E-state index contributed by atoms with van der Waals surface area (Å²) < 4.78 is 0. The van der Waals surface area contributed by atoms with Crippen molar-refractivity contribution < 1.29 is 0 Å². The van der Waals surface area contributed by atoms with Gasteiger partial charge in [-0.05, 0) is 24.5 Å². The van der Waals surface area contributed by atoms with E-state index in [4.69, 9.17) is 5.73 Å². The molecule has 2 aliphatic rings. The molecule has 14 heavy (non-hydrogen) atoms. The van der Waals surface area contributed by atoms with Gasteiger partial charge in [0.25, 0.3) is 0 Å². The van der Waals surface area contributed by atoms with Crippen LogP contribution >= 0.6 is 0 Å². The average Bonchev–Trinajstić information content (AvgIpc) is 2.56. The second kappa shape index (κ2) is 2.77. The van der Waals surface area contributed by atoms with Crippen LogP contribution in [0.1, 0.15) is 24.3 Å². The second-order valence-electron chi connectivity index (χ2n) is 4.14. The predicted molar refractivity (Wildman–Crippen MR) is 58.1 cm³/mol. The lowest BCUT2D eigenvalue weighted by molar-refractivity contribution is 0.586. The first-order valence-electron chi connectivity index (χ1n) is 5.16. The summed E-state index contributed by atoms with van der Waals surface area (Å²) in [6.07, 6.45) is 4.40. The van der Waals surface area contributed by atoms with Crippen LogP contribution in [0.3, 0.4) is 0 Å². The molecule has 0 saturated heterocycles. The minimum Gasteiger partial charge on any atom is -0.402 e. The van der Waals surface area contributed by atoms with E-state index in [2.05, 4.69) is 35.7 Å². The lowest BCUT2D eigenvalue weighted by Gasteiger charge is -2.23. The molecule has 2 atom stereocenters. The third-order valence-corrected chi connectivity index (χ3v) is 3.23. The Hall–Kier alpha value is -1.44. The van der Waals surface area contributed by atoms with E-state index in [0.717, 1.165) is 18.5 Å². The summed E-state index contributed by atoms with van der Waals surface area (Å²) in [6, 6.07) is 9.09. The van der Waals surface area contributed by atoms with Gasteiger partial charge in [-0.3, -0.25) is 0 Å². The lowest BCUT2D eigenvalue weighted by atomic mass is 9.87. The summed E-state index contributed by atoms with van der Waals surface area (Å²) in [4.78, 5) is 0. The van der Waals surface area contributed by atoms with Crippen molar-refractivity contribution in [3.63, 3.8) is 0 Å². The summed E-state index contributed by atoms with van der Waals surface area (Å²) >= 11 is 0. The smallest absolute Gasteiger partial charge is 0.0382 e. The molecule has 0 amide bonds. The molecule has 3 N–H and O–H groups in total. The third-order valence-electron chi connectivity index (χ3n) is 3.23. The van der Waals surface area contributed by atoms with Crippen molar-refractivity contribution in [3.8, 4) is 0 Å². The Balaban J connectivity index is 2.07. The van der Waals surface area contributed by atoms with Crippen molar-refractivity contribution in [2.45, 2.75) is 24.8 Å². The van der Waals surface area contributed by atoms with E-state index in [1.807, 2.05) is 0 Å². The molecule has 1 aromatic rings. The van der Waals surface area contributed by atoms with E-state index in [0.29, 0.717) is 12.0 Å². The van der Waals surface area contributed by atoms with E-state index in [1.54, 1.807) is 0 Å². The van der Waals surface area contributed by atoms with Gasteiger partial charge >= 0.3 is 0 Å². The highest BCUT2D eigenvalue weighted by Crippen LogP contribution is 2.41. The van der Waals surface area contributed by atoms with Crippen LogP contribution in [0.4, 0.5) is 5.69 Å². The molecule has 0 saturated carbocycles. The van der Waals surface area contributed by atoms with Crippen molar-refractivity contribution in [2.75, 3.05) is 5.32 Å². The molecule has 1 heterocycles. The van der Waals surface area contributed by atoms with Crippen LogP contribution in [-0.2, 0) is 0 Å². The van der Waals surface area contributed by atoms with E-state index in [-0.39, 0.29) is 0 Å². The number of anilines is 1. The fraction of sp³-hybridized carbons (Fsp3) is 0.333. The van der Waals surface area contributed by atoms with Crippen LogP contribution in [0.25, 0.3) is 0 Å². The van der Waals surface area contributed by atoms with Gasteiger partial charge in [0.2, 0.25) is 0 Å². The van der Waals surface area contributed by atoms with Gasteiger partial charge in [-0.1, -0.05) is 24.3 Å². The molecule has 0 aromatic heterocycles. The molecule has 0 radical (unpaired) electrons. The molecule has 0 spiro atoms. The minimum absolute atomic E-state index is 0.500. The molecule has 2 nitrogen and oxygen atoms in total. The van der Waals surface area contributed by atoms with Crippen LogP contribution in [0.5, 0.6) is 0 Å². The maximum absolute atomic E-state index is 5.88. The number of nitrogens with two attached hydrogens (primary N) is 1. The number of allylic oxidation sites excluding steroid dienone is 1. The van der Waals surface area contributed by atoms with Crippen LogP contribution in [0.15, 0.2) is 36.0 Å². The Labute approximate surface area is 83.8 Å². The normalized spacial score (nSPS) is 28.7. The van der Waals surface area contributed by atoms with Crippen molar-refractivity contribution in [3.05, 3.63) is 41.6 Å². The van der Waals surface area contributed by atoms with Gasteiger partial charge in [-0.2, -0.15) is 0 Å². The largest absolute Gasteiger partial charge is 0.402 e. The van der Waals surface area contributed by atoms with Gasteiger partial charge in [0.1, 0.15) is 0 Å². The molecule has 1 aromatic carbocycles. The quantitative estimate of drug-likeness (QED) is 0.652. The number of rotatable bonds is 0. The van der Waals surface area contributed by atoms with Crippen LogP contribution in [-0.4, -0.2) is 6.04 Å². The van der Waals surface area contributed by atoms with Crippen LogP contribution in [0, 0.1) is 0 Å². The van der Waals surface area contributed by atoms with E-state index in [9.17, 15) is 0 Å². The summed E-state index contributed by atoms with van der Waals surface area (Å²) in [5, 5.41) is 3.56. The number of nitrogens with one attached hydrogen (secondary N) is 1. The fourth-order valence-corrected chi connectivity index (χ4v) is 2.52. The molecular weight excluding hydrogens is 172 g/mol. The van der Waals surface area contributed by atoms with Gasteiger partial charge in [-0.25, -0.2) is 0 Å². The van der Waals surface area contributed by atoms with Gasteiger partial charge < -0.3 is 11.1 Å². The Morgan fingerprint density at radius 1 is 1.29 bits per heavy atom. The first-order chi connectivity index (χ1) is 6.84. The van der Waals surface area contributed by atoms with Crippen LogP contribution < -0.4 is 11.1 Å². The topological polar surface area (TPSA) is 38.0 Å². The van der Waals surface area contributed by atoms with Crippen molar-refractivity contribution in [1.29, 1.82) is 0 Å². The Kier molecular flexibility index (Phi) is 1.57. The lowest BCUT2D eigenvalue weighted by Crippen LogP contribution is -2.24.